The lowest BCUT2D eigenvalue weighted by Gasteiger charge is -2.34. The Bertz CT molecular complexity index is 947. The lowest BCUT2D eigenvalue weighted by molar-refractivity contribution is 0.0187. The summed E-state index contributed by atoms with van der Waals surface area (Å²) in [6.45, 7) is 9.65. The first-order valence-corrected chi connectivity index (χ1v) is 12.1. The second kappa shape index (κ2) is 9.89. The molecule has 4 rings (SSSR count). The van der Waals surface area contributed by atoms with Crippen molar-refractivity contribution < 1.29 is 14.3 Å². The van der Waals surface area contributed by atoms with E-state index in [1.165, 1.54) is 18.5 Å². The van der Waals surface area contributed by atoms with Crippen molar-refractivity contribution in [1.82, 2.24) is 14.8 Å². The third kappa shape index (κ3) is 5.89. The highest BCUT2D eigenvalue weighted by Crippen LogP contribution is 2.26. The van der Waals surface area contributed by atoms with Gasteiger partial charge in [0.05, 0.1) is 0 Å². The van der Waals surface area contributed by atoms with Crippen LogP contribution in [0.2, 0.25) is 0 Å². The predicted octanol–water partition coefficient (Wildman–Crippen LogP) is 4.59. The summed E-state index contributed by atoms with van der Waals surface area (Å²) in [5.74, 6) is -0.0711. The van der Waals surface area contributed by atoms with Crippen molar-refractivity contribution >= 4 is 17.7 Å². The Morgan fingerprint density at radius 3 is 2.30 bits per heavy atom. The number of hydrogen-bond acceptors (Lipinski definition) is 4. The molecule has 1 N–H and O–H groups in total. The Morgan fingerprint density at radius 2 is 1.67 bits per heavy atom. The number of nitrogens with one attached hydrogen (secondary N) is 1. The van der Waals surface area contributed by atoms with E-state index in [9.17, 15) is 9.59 Å². The first-order chi connectivity index (χ1) is 15.8. The van der Waals surface area contributed by atoms with Crippen LogP contribution in [0.1, 0.15) is 68.5 Å². The number of aromatic nitrogens is 1. The minimum Gasteiger partial charge on any atom is -0.444 e. The summed E-state index contributed by atoms with van der Waals surface area (Å²) in [7, 11) is 0. The molecule has 3 heterocycles. The van der Waals surface area contributed by atoms with Crippen LogP contribution in [0.3, 0.4) is 0 Å². The molecule has 0 unspecified atom stereocenters. The van der Waals surface area contributed by atoms with Gasteiger partial charge in [-0.25, -0.2) is 4.79 Å². The van der Waals surface area contributed by atoms with E-state index in [0.717, 1.165) is 31.5 Å². The van der Waals surface area contributed by atoms with Gasteiger partial charge in [0.15, 0.2) is 0 Å². The Labute approximate surface area is 196 Å². The van der Waals surface area contributed by atoms with Crippen molar-refractivity contribution in [2.24, 2.45) is 0 Å². The molecule has 178 valence electrons. The summed E-state index contributed by atoms with van der Waals surface area (Å²) < 4.78 is 7.54. The number of benzene rings is 1. The topological polar surface area (TPSA) is 66.8 Å². The van der Waals surface area contributed by atoms with Crippen molar-refractivity contribution in [2.45, 2.75) is 64.6 Å². The molecule has 33 heavy (non-hydrogen) atoms. The third-order valence-corrected chi connectivity index (χ3v) is 6.38. The van der Waals surface area contributed by atoms with Crippen molar-refractivity contribution in [3.8, 4) is 0 Å². The maximum absolute atomic E-state index is 12.9. The molecule has 7 heteroatoms. The Kier molecular flexibility index (Phi) is 6.96. The second-order valence-electron chi connectivity index (χ2n) is 10.0. The van der Waals surface area contributed by atoms with Gasteiger partial charge in [-0.05, 0) is 76.3 Å². The van der Waals surface area contributed by atoms with Gasteiger partial charge in [-0.15, -0.1) is 0 Å². The number of ether oxygens (including phenoxy) is 1. The van der Waals surface area contributed by atoms with Crippen molar-refractivity contribution in [1.29, 1.82) is 0 Å². The molecule has 2 amide bonds. The van der Waals surface area contributed by atoms with Crippen LogP contribution in [0.25, 0.3) is 0 Å². The molecule has 2 aliphatic heterocycles. The summed E-state index contributed by atoms with van der Waals surface area (Å²) in [6.07, 6.45) is 5.82. The molecule has 0 radical (unpaired) electrons. The van der Waals surface area contributed by atoms with Gasteiger partial charge in [0.25, 0.3) is 5.91 Å². The molecule has 0 spiro atoms. The Morgan fingerprint density at radius 1 is 1.00 bits per heavy atom. The molecule has 2 aromatic rings. The maximum Gasteiger partial charge on any atom is 0.410 e. The van der Waals surface area contributed by atoms with E-state index in [4.69, 9.17) is 4.74 Å². The molecule has 1 aromatic carbocycles. The van der Waals surface area contributed by atoms with Gasteiger partial charge in [0.2, 0.25) is 0 Å². The van der Waals surface area contributed by atoms with E-state index in [1.807, 2.05) is 39.1 Å². The predicted molar refractivity (Wildman–Crippen MR) is 130 cm³/mol. The zero-order valence-corrected chi connectivity index (χ0v) is 20.0. The van der Waals surface area contributed by atoms with Gasteiger partial charge in [-0.3, -0.25) is 4.79 Å². The van der Waals surface area contributed by atoms with E-state index in [1.54, 1.807) is 4.90 Å². The quantitative estimate of drug-likeness (QED) is 0.721. The summed E-state index contributed by atoms with van der Waals surface area (Å²) in [5.41, 5.74) is 2.53. The number of nitrogens with zero attached hydrogens (tertiary/aromatic N) is 3. The molecule has 2 aliphatic rings. The van der Waals surface area contributed by atoms with Crippen LogP contribution in [0.4, 0.5) is 10.5 Å². The number of carbonyl (C=O) groups is 2. The zero-order valence-electron chi connectivity index (χ0n) is 20.0. The highest BCUT2D eigenvalue weighted by molar-refractivity contribution is 5.92. The summed E-state index contributed by atoms with van der Waals surface area (Å²) in [5, 5.41) is 3.06. The molecular formula is C26H36N4O3. The number of likely N-dealkylation sites (tertiary alicyclic amines) is 1. The normalized spacial score (nSPS) is 17.3. The second-order valence-corrected chi connectivity index (χ2v) is 10.0. The van der Waals surface area contributed by atoms with Gasteiger partial charge in [0, 0.05) is 50.6 Å². The fourth-order valence-corrected chi connectivity index (χ4v) is 4.63. The lowest BCUT2D eigenvalue weighted by atomic mass is 10.0. The zero-order chi connectivity index (χ0) is 23.4. The molecule has 0 saturated carbocycles. The molecule has 7 nitrogen and oxygen atoms in total. The van der Waals surface area contributed by atoms with Crippen LogP contribution >= 0.6 is 0 Å². The van der Waals surface area contributed by atoms with E-state index in [-0.39, 0.29) is 18.0 Å². The van der Waals surface area contributed by atoms with Crippen molar-refractivity contribution in [2.75, 3.05) is 31.1 Å². The van der Waals surface area contributed by atoms with Gasteiger partial charge >= 0.3 is 6.09 Å². The fourth-order valence-electron chi connectivity index (χ4n) is 4.63. The highest BCUT2D eigenvalue weighted by atomic mass is 16.6. The average molecular weight is 453 g/mol. The molecule has 2 saturated heterocycles. The maximum atomic E-state index is 12.9. The average Bonchev–Trinajstić information content (AvgIpc) is 3.49. The smallest absolute Gasteiger partial charge is 0.410 e. The first-order valence-electron chi connectivity index (χ1n) is 12.1. The van der Waals surface area contributed by atoms with Crippen LogP contribution in [-0.2, 0) is 11.3 Å². The SMILES string of the molecule is CC(C)(C)OC(=O)N1CCC(n2cccc2C(=O)NCc2ccc(N3CCCC3)cc2)CC1. The minimum atomic E-state index is -0.492. The monoisotopic (exact) mass is 452 g/mol. The van der Waals surface area contributed by atoms with Crippen molar-refractivity contribution in [3.05, 3.63) is 53.9 Å². The Balaban J connectivity index is 1.30. The number of rotatable bonds is 5. The summed E-state index contributed by atoms with van der Waals surface area (Å²) in [4.78, 5) is 29.4. The number of anilines is 1. The largest absolute Gasteiger partial charge is 0.444 e. The molecule has 0 bridgehead atoms. The Hall–Kier alpha value is -2.96. The van der Waals surface area contributed by atoms with Crippen LogP contribution in [-0.4, -0.2) is 53.2 Å². The summed E-state index contributed by atoms with van der Waals surface area (Å²) >= 11 is 0. The standard InChI is InChI=1S/C26H36N4O3/c1-26(2,3)33-25(32)29-17-12-22(13-18-29)30-16-6-7-23(30)24(31)27-19-20-8-10-21(11-9-20)28-14-4-5-15-28/h6-11,16,22H,4-5,12-15,17-19H2,1-3H3,(H,27,31). The molecule has 1 aromatic heterocycles. The fraction of sp³-hybridized carbons (Fsp3) is 0.538. The van der Waals surface area contributed by atoms with E-state index < -0.39 is 5.60 Å². The third-order valence-electron chi connectivity index (χ3n) is 6.38. The van der Waals surface area contributed by atoms with E-state index in [0.29, 0.717) is 25.3 Å². The van der Waals surface area contributed by atoms with E-state index >= 15 is 0 Å². The van der Waals surface area contributed by atoms with Gasteiger partial charge in [0.1, 0.15) is 11.3 Å². The van der Waals surface area contributed by atoms with Gasteiger partial charge in [-0.1, -0.05) is 12.1 Å². The van der Waals surface area contributed by atoms with Crippen LogP contribution in [0.5, 0.6) is 0 Å². The summed E-state index contributed by atoms with van der Waals surface area (Å²) in [6, 6.07) is 12.5. The number of amides is 2. The van der Waals surface area contributed by atoms with Crippen LogP contribution in [0.15, 0.2) is 42.6 Å². The van der Waals surface area contributed by atoms with Crippen LogP contribution < -0.4 is 10.2 Å². The van der Waals surface area contributed by atoms with Crippen LogP contribution in [0, 0.1) is 0 Å². The number of carbonyl (C=O) groups excluding carboxylic acids is 2. The lowest BCUT2D eigenvalue weighted by Crippen LogP contribution is -2.42. The van der Waals surface area contributed by atoms with Crippen molar-refractivity contribution in [3.63, 3.8) is 0 Å². The molecule has 0 aliphatic carbocycles. The minimum absolute atomic E-state index is 0.0711. The highest BCUT2D eigenvalue weighted by Gasteiger charge is 2.28. The first kappa shape index (κ1) is 23.2. The van der Waals surface area contributed by atoms with Gasteiger partial charge in [-0.2, -0.15) is 0 Å². The number of hydrogen-bond donors (Lipinski definition) is 1. The van der Waals surface area contributed by atoms with E-state index in [2.05, 4.69) is 39.0 Å². The number of piperidine rings is 1. The molecular weight excluding hydrogens is 416 g/mol. The molecule has 0 atom stereocenters. The molecule has 2 fully saturated rings. The van der Waals surface area contributed by atoms with Gasteiger partial charge < -0.3 is 24.4 Å².